The molecule has 2 atom stereocenters. The number of carboxylic acid groups (broad SMARTS) is 1. The van der Waals surface area contributed by atoms with Crippen molar-refractivity contribution in [2.45, 2.75) is 12.6 Å². The molecule has 2 rings (SSSR count). The molecule has 20 heavy (non-hydrogen) atoms. The van der Waals surface area contributed by atoms with Gasteiger partial charge >= 0.3 is 5.97 Å². The number of carbonyl (C=O) groups is 2. The number of aliphatic imine (C=N–C) groups is 1. The molecule has 104 valence electrons. The van der Waals surface area contributed by atoms with Crippen molar-refractivity contribution < 1.29 is 14.7 Å². The van der Waals surface area contributed by atoms with E-state index in [0.29, 0.717) is 12.1 Å². The SMILES string of the molecule is CC(C(=O)O)[C@]1(NC=O)NC=CN=C1c1ccccc1. The van der Waals surface area contributed by atoms with E-state index in [1.54, 1.807) is 0 Å². The van der Waals surface area contributed by atoms with Crippen LogP contribution in [0.4, 0.5) is 0 Å². The highest BCUT2D eigenvalue weighted by Gasteiger charge is 2.45. The zero-order valence-electron chi connectivity index (χ0n) is 10.9. The molecule has 0 aromatic heterocycles. The Morgan fingerprint density at radius 1 is 1.45 bits per heavy atom. The first-order valence-electron chi connectivity index (χ1n) is 6.12. The molecule has 6 nitrogen and oxygen atoms in total. The number of hydrogen-bond donors (Lipinski definition) is 3. The summed E-state index contributed by atoms with van der Waals surface area (Å²) < 4.78 is 0. The molecule has 0 radical (unpaired) electrons. The minimum Gasteiger partial charge on any atom is -0.481 e. The van der Waals surface area contributed by atoms with Crippen LogP contribution in [0.25, 0.3) is 0 Å². The molecular weight excluding hydrogens is 258 g/mol. The van der Waals surface area contributed by atoms with E-state index in [-0.39, 0.29) is 0 Å². The average molecular weight is 273 g/mol. The number of hydrogen-bond acceptors (Lipinski definition) is 4. The number of rotatable bonds is 5. The van der Waals surface area contributed by atoms with Crippen molar-refractivity contribution in [2.75, 3.05) is 0 Å². The van der Waals surface area contributed by atoms with Crippen LogP contribution in [0.3, 0.4) is 0 Å². The van der Waals surface area contributed by atoms with E-state index >= 15 is 0 Å². The smallest absolute Gasteiger partial charge is 0.310 e. The predicted octanol–water partition coefficient (Wildman–Crippen LogP) is 0.713. The zero-order chi connectivity index (χ0) is 14.6. The quantitative estimate of drug-likeness (QED) is 0.689. The van der Waals surface area contributed by atoms with Gasteiger partial charge in [0.2, 0.25) is 6.41 Å². The Labute approximate surface area is 116 Å². The Morgan fingerprint density at radius 2 is 2.15 bits per heavy atom. The number of carbonyl (C=O) groups excluding carboxylic acids is 1. The lowest BCUT2D eigenvalue weighted by Gasteiger charge is -2.39. The van der Waals surface area contributed by atoms with E-state index in [9.17, 15) is 14.7 Å². The summed E-state index contributed by atoms with van der Waals surface area (Å²) in [5, 5.41) is 14.8. The molecule has 0 spiro atoms. The maximum absolute atomic E-state index is 11.4. The van der Waals surface area contributed by atoms with Crippen molar-refractivity contribution in [1.29, 1.82) is 0 Å². The summed E-state index contributed by atoms with van der Waals surface area (Å²) in [5.41, 5.74) is -0.0710. The first-order chi connectivity index (χ1) is 9.62. The van der Waals surface area contributed by atoms with Gasteiger partial charge in [0.1, 0.15) is 5.92 Å². The highest BCUT2D eigenvalue weighted by Crippen LogP contribution is 2.24. The van der Waals surface area contributed by atoms with Crippen LogP contribution in [0.15, 0.2) is 47.7 Å². The van der Waals surface area contributed by atoms with Gasteiger partial charge in [-0.1, -0.05) is 30.3 Å². The van der Waals surface area contributed by atoms with Gasteiger partial charge in [-0.2, -0.15) is 0 Å². The van der Waals surface area contributed by atoms with E-state index in [1.165, 1.54) is 19.3 Å². The summed E-state index contributed by atoms with van der Waals surface area (Å²) in [5.74, 6) is -1.94. The Hall–Kier alpha value is -2.63. The molecule has 0 saturated heterocycles. The maximum Gasteiger partial charge on any atom is 0.310 e. The van der Waals surface area contributed by atoms with Gasteiger partial charge in [0.15, 0.2) is 5.66 Å². The predicted molar refractivity (Wildman–Crippen MR) is 74.0 cm³/mol. The Bertz CT molecular complexity index is 564. The Kier molecular flexibility index (Phi) is 3.84. The van der Waals surface area contributed by atoms with Crippen LogP contribution in [-0.2, 0) is 9.59 Å². The van der Waals surface area contributed by atoms with E-state index in [4.69, 9.17) is 0 Å². The molecule has 1 aliphatic rings. The van der Waals surface area contributed by atoms with Crippen molar-refractivity contribution in [3.05, 3.63) is 48.3 Å². The van der Waals surface area contributed by atoms with Crippen LogP contribution >= 0.6 is 0 Å². The molecule has 0 bridgehead atoms. The molecule has 0 saturated carbocycles. The van der Waals surface area contributed by atoms with Gasteiger partial charge in [-0.05, 0) is 6.92 Å². The van der Waals surface area contributed by atoms with Gasteiger partial charge < -0.3 is 15.7 Å². The highest BCUT2D eigenvalue weighted by atomic mass is 16.4. The van der Waals surface area contributed by atoms with Crippen LogP contribution in [0.5, 0.6) is 0 Å². The van der Waals surface area contributed by atoms with E-state index < -0.39 is 17.6 Å². The van der Waals surface area contributed by atoms with Gasteiger partial charge in [-0.15, -0.1) is 0 Å². The zero-order valence-corrected chi connectivity index (χ0v) is 10.9. The molecule has 1 aromatic rings. The number of benzene rings is 1. The lowest BCUT2D eigenvalue weighted by Crippen LogP contribution is -2.67. The van der Waals surface area contributed by atoms with Crippen LogP contribution in [0.2, 0.25) is 0 Å². The second-order valence-electron chi connectivity index (χ2n) is 4.43. The van der Waals surface area contributed by atoms with E-state index in [2.05, 4.69) is 15.6 Å². The lowest BCUT2D eigenvalue weighted by atomic mass is 9.85. The van der Waals surface area contributed by atoms with Crippen LogP contribution in [-0.4, -0.2) is 28.9 Å². The fourth-order valence-electron chi connectivity index (χ4n) is 2.19. The maximum atomic E-state index is 11.4. The van der Waals surface area contributed by atoms with Crippen LogP contribution in [0, 0.1) is 5.92 Å². The third-order valence-electron chi connectivity index (χ3n) is 3.32. The van der Waals surface area contributed by atoms with E-state index in [0.717, 1.165) is 5.56 Å². The molecule has 0 fully saturated rings. The fourth-order valence-corrected chi connectivity index (χ4v) is 2.19. The summed E-state index contributed by atoms with van der Waals surface area (Å²) in [6.07, 6.45) is 3.52. The summed E-state index contributed by atoms with van der Waals surface area (Å²) >= 11 is 0. The van der Waals surface area contributed by atoms with Crippen LogP contribution < -0.4 is 10.6 Å². The molecular formula is C14H15N3O3. The first-order valence-corrected chi connectivity index (χ1v) is 6.12. The second-order valence-corrected chi connectivity index (χ2v) is 4.43. The Balaban J connectivity index is 2.54. The normalized spacial score (nSPS) is 22.4. The number of nitrogens with zero attached hydrogens (tertiary/aromatic N) is 1. The summed E-state index contributed by atoms with van der Waals surface area (Å²) in [6, 6.07) is 9.14. The largest absolute Gasteiger partial charge is 0.481 e. The second kappa shape index (κ2) is 5.56. The number of nitrogens with one attached hydrogen (secondary N) is 2. The van der Waals surface area contributed by atoms with Crippen LogP contribution in [0.1, 0.15) is 12.5 Å². The Morgan fingerprint density at radius 3 is 2.75 bits per heavy atom. The molecule has 3 N–H and O–H groups in total. The van der Waals surface area contributed by atoms with Crippen molar-refractivity contribution in [2.24, 2.45) is 10.9 Å². The number of aliphatic carboxylic acids is 1. The minimum atomic E-state index is -1.27. The third-order valence-corrected chi connectivity index (χ3v) is 3.32. The van der Waals surface area contributed by atoms with E-state index in [1.807, 2.05) is 30.3 Å². The topological polar surface area (TPSA) is 90.8 Å². The third kappa shape index (κ3) is 2.27. The fraction of sp³-hybridized carbons (Fsp3) is 0.214. The highest BCUT2D eigenvalue weighted by molar-refractivity contribution is 6.10. The van der Waals surface area contributed by atoms with Crippen molar-refractivity contribution in [3.8, 4) is 0 Å². The first kappa shape index (κ1) is 13.8. The standard InChI is InChI=1S/C14H15N3O3/c1-10(13(19)20)14(17-9-18)12(15-7-8-16-14)11-5-3-2-4-6-11/h2-10,16H,1H3,(H,17,18)(H,19,20)/t10?,14-/m1/s1. The summed E-state index contributed by atoms with van der Waals surface area (Å²) in [6.45, 7) is 1.52. The summed E-state index contributed by atoms with van der Waals surface area (Å²) in [7, 11) is 0. The van der Waals surface area contributed by atoms with Crippen molar-refractivity contribution in [3.63, 3.8) is 0 Å². The molecule has 1 unspecified atom stereocenters. The van der Waals surface area contributed by atoms with Gasteiger partial charge in [0.25, 0.3) is 0 Å². The molecule has 0 aliphatic carbocycles. The molecule has 1 aliphatic heterocycles. The summed E-state index contributed by atoms with van der Waals surface area (Å²) in [4.78, 5) is 26.6. The average Bonchev–Trinajstić information content (AvgIpc) is 2.48. The van der Waals surface area contributed by atoms with Crippen molar-refractivity contribution >= 4 is 18.1 Å². The molecule has 1 amide bonds. The monoisotopic (exact) mass is 273 g/mol. The lowest BCUT2D eigenvalue weighted by molar-refractivity contribution is -0.143. The van der Waals surface area contributed by atoms with Gasteiger partial charge in [0.05, 0.1) is 5.71 Å². The number of amides is 1. The number of carboxylic acids is 1. The van der Waals surface area contributed by atoms with Gasteiger partial charge in [-0.3, -0.25) is 14.6 Å². The van der Waals surface area contributed by atoms with Gasteiger partial charge in [0, 0.05) is 18.0 Å². The minimum absolute atomic E-state index is 0.461. The van der Waals surface area contributed by atoms with Crippen molar-refractivity contribution in [1.82, 2.24) is 10.6 Å². The molecule has 1 aromatic carbocycles. The molecule has 1 heterocycles. The molecule has 6 heteroatoms. The van der Waals surface area contributed by atoms with Gasteiger partial charge in [-0.25, -0.2) is 0 Å².